The molecule has 1 amide bonds. The summed E-state index contributed by atoms with van der Waals surface area (Å²) in [5, 5.41) is 15.6. The van der Waals surface area contributed by atoms with Crippen LogP contribution in [0, 0.1) is 5.92 Å². The van der Waals surface area contributed by atoms with E-state index in [4.69, 9.17) is 23.2 Å². The average molecular weight is 584 g/mol. The molecule has 0 bridgehead atoms. The molecule has 1 saturated heterocycles. The minimum atomic E-state index is -1.19. The fraction of sp³-hybridized carbons (Fsp3) is 0.226. The first kappa shape index (κ1) is 28.9. The highest BCUT2D eigenvalue weighted by molar-refractivity contribution is 6.37. The second-order valence-electron chi connectivity index (χ2n) is 9.80. The third kappa shape index (κ3) is 6.07. The largest absolute Gasteiger partial charge is 0.478 e. The Labute approximate surface area is 244 Å². The molecule has 8 heteroatoms. The van der Waals surface area contributed by atoms with E-state index in [0.717, 1.165) is 6.54 Å². The molecule has 0 saturated carbocycles. The van der Waals surface area contributed by atoms with E-state index in [2.05, 4.69) is 60.8 Å². The molecule has 1 aliphatic rings. The van der Waals surface area contributed by atoms with Crippen LogP contribution in [0.1, 0.15) is 50.7 Å². The minimum Gasteiger partial charge on any atom is -0.478 e. The number of carboxylic acid groups (broad SMARTS) is 1. The summed E-state index contributed by atoms with van der Waals surface area (Å²) in [5.74, 6) is -1.13. The quantitative estimate of drug-likeness (QED) is 0.237. The van der Waals surface area contributed by atoms with Crippen molar-refractivity contribution in [3.05, 3.63) is 117 Å². The molecule has 39 heavy (non-hydrogen) atoms. The fourth-order valence-electron chi connectivity index (χ4n) is 5.43. The molecular weight excluding hydrogens is 555 g/mol. The number of nitrogens with one attached hydrogen (secondary N) is 1. The predicted molar refractivity (Wildman–Crippen MR) is 160 cm³/mol. The zero-order valence-corrected chi connectivity index (χ0v) is 23.6. The van der Waals surface area contributed by atoms with Crippen molar-refractivity contribution < 1.29 is 14.7 Å². The van der Waals surface area contributed by atoms with Gasteiger partial charge >= 0.3 is 5.97 Å². The Hall–Kier alpha value is -3.09. The minimum absolute atomic E-state index is 0. The van der Waals surface area contributed by atoms with Crippen molar-refractivity contribution in [2.75, 3.05) is 19.6 Å². The number of fused-ring (bicyclic) bond motifs is 1. The topological polar surface area (TPSA) is 69.6 Å². The summed E-state index contributed by atoms with van der Waals surface area (Å²) >= 11 is 12.5. The molecule has 5 nitrogen and oxygen atoms in total. The van der Waals surface area contributed by atoms with Crippen LogP contribution >= 0.6 is 35.6 Å². The van der Waals surface area contributed by atoms with Gasteiger partial charge in [0, 0.05) is 31.6 Å². The highest BCUT2D eigenvalue weighted by atomic mass is 35.5. The van der Waals surface area contributed by atoms with Gasteiger partial charge in [-0.25, -0.2) is 4.79 Å². The lowest BCUT2D eigenvalue weighted by Gasteiger charge is -2.23. The average Bonchev–Trinajstić information content (AvgIpc) is 3.36. The van der Waals surface area contributed by atoms with Crippen LogP contribution in [0.5, 0.6) is 0 Å². The number of likely N-dealkylation sites (tertiary alicyclic amines) is 1. The van der Waals surface area contributed by atoms with Crippen molar-refractivity contribution in [2.24, 2.45) is 5.92 Å². The van der Waals surface area contributed by atoms with Crippen LogP contribution in [-0.4, -0.2) is 41.5 Å². The Bertz CT molecular complexity index is 1490. The van der Waals surface area contributed by atoms with Crippen molar-refractivity contribution >= 4 is 58.3 Å². The van der Waals surface area contributed by atoms with Crippen LogP contribution in [0.4, 0.5) is 0 Å². The van der Waals surface area contributed by atoms with Crippen LogP contribution < -0.4 is 5.32 Å². The summed E-state index contributed by atoms with van der Waals surface area (Å²) in [7, 11) is 0. The monoisotopic (exact) mass is 582 g/mol. The van der Waals surface area contributed by atoms with Crippen LogP contribution in [0.15, 0.2) is 84.9 Å². The standard InChI is InChI=1S/C31H28Cl2N2O3.ClH/c1-19(23-13-7-11-20-10-5-6-12-24(20)23)34-16-22-17-35(18-27(22)21-8-3-2-4-9-21)30(36)25-14-29(33)26(31(37)38)15-28(25)32;/h2-15,19,22,27,34H,16-18H2,1H3,(H,37,38);1H/t19-,22+,27-;/m1./s1. The van der Waals surface area contributed by atoms with Gasteiger partial charge < -0.3 is 15.3 Å². The van der Waals surface area contributed by atoms with E-state index in [1.165, 1.54) is 34.0 Å². The van der Waals surface area contributed by atoms with Gasteiger partial charge in [-0.15, -0.1) is 12.4 Å². The molecule has 0 unspecified atom stereocenters. The van der Waals surface area contributed by atoms with E-state index in [1.54, 1.807) is 4.90 Å². The molecule has 1 heterocycles. The Balaban J connectivity index is 0.00000353. The predicted octanol–water partition coefficient (Wildman–Crippen LogP) is 7.47. The van der Waals surface area contributed by atoms with Crippen LogP contribution in [0.25, 0.3) is 10.8 Å². The van der Waals surface area contributed by atoms with Gasteiger partial charge in [0.05, 0.1) is 21.2 Å². The maximum atomic E-state index is 13.5. The Morgan fingerprint density at radius 2 is 1.56 bits per heavy atom. The number of nitrogens with zero attached hydrogens (tertiary/aromatic N) is 1. The van der Waals surface area contributed by atoms with Crippen LogP contribution in [-0.2, 0) is 0 Å². The lowest BCUT2D eigenvalue weighted by molar-refractivity contribution is 0.0695. The Morgan fingerprint density at radius 3 is 2.31 bits per heavy atom. The second kappa shape index (κ2) is 12.4. The zero-order chi connectivity index (χ0) is 26.8. The van der Waals surface area contributed by atoms with Crippen molar-refractivity contribution in [1.29, 1.82) is 0 Å². The molecule has 4 aromatic carbocycles. The van der Waals surface area contributed by atoms with Gasteiger partial charge in [0.15, 0.2) is 0 Å². The van der Waals surface area contributed by atoms with Gasteiger partial charge in [-0.3, -0.25) is 4.79 Å². The van der Waals surface area contributed by atoms with E-state index < -0.39 is 5.97 Å². The summed E-state index contributed by atoms with van der Waals surface area (Å²) < 4.78 is 0. The van der Waals surface area contributed by atoms with E-state index in [9.17, 15) is 14.7 Å². The SMILES string of the molecule is C[C@@H](NC[C@H]1CN(C(=O)c2cc(Cl)c(C(=O)O)cc2Cl)C[C@@H]1c1ccccc1)c1cccc2ccccc12.Cl. The highest BCUT2D eigenvalue weighted by Gasteiger charge is 2.37. The van der Waals surface area contributed by atoms with E-state index >= 15 is 0 Å². The molecule has 5 rings (SSSR count). The number of amides is 1. The van der Waals surface area contributed by atoms with Gasteiger partial charge in [0.25, 0.3) is 5.91 Å². The van der Waals surface area contributed by atoms with Crippen molar-refractivity contribution in [3.63, 3.8) is 0 Å². The molecule has 202 valence electrons. The van der Waals surface area contributed by atoms with Gasteiger partial charge in [0.2, 0.25) is 0 Å². The molecule has 0 aliphatic carbocycles. The van der Waals surface area contributed by atoms with Gasteiger partial charge in [0.1, 0.15) is 0 Å². The number of benzene rings is 4. The summed E-state index contributed by atoms with van der Waals surface area (Å²) in [5.41, 5.74) is 2.51. The molecule has 0 aromatic heterocycles. The first-order valence-corrected chi connectivity index (χ1v) is 13.4. The number of carbonyl (C=O) groups is 2. The first-order chi connectivity index (χ1) is 18.3. The lowest BCUT2D eigenvalue weighted by atomic mass is 9.88. The van der Waals surface area contributed by atoms with E-state index in [-0.39, 0.29) is 57.4 Å². The highest BCUT2D eigenvalue weighted by Crippen LogP contribution is 2.35. The number of hydrogen-bond donors (Lipinski definition) is 2. The third-order valence-corrected chi connectivity index (χ3v) is 8.08. The molecule has 1 fully saturated rings. The summed E-state index contributed by atoms with van der Waals surface area (Å²) in [6, 6.07) is 27.7. The third-order valence-electron chi connectivity index (χ3n) is 7.45. The number of aromatic carboxylic acids is 1. The van der Waals surface area contributed by atoms with Gasteiger partial charge in [-0.2, -0.15) is 0 Å². The smallest absolute Gasteiger partial charge is 0.337 e. The van der Waals surface area contributed by atoms with Gasteiger partial charge in [-0.05, 0) is 46.9 Å². The Morgan fingerprint density at radius 1 is 0.923 bits per heavy atom. The molecule has 0 radical (unpaired) electrons. The molecular formula is C31H29Cl3N2O3. The van der Waals surface area contributed by atoms with Crippen molar-refractivity contribution in [1.82, 2.24) is 10.2 Å². The maximum Gasteiger partial charge on any atom is 0.337 e. The summed E-state index contributed by atoms with van der Waals surface area (Å²) in [6.45, 7) is 3.97. The number of halogens is 3. The van der Waals surface area contributed by atoms with Crippen molar-refractivity contribution in [2.45, 2.75) is 18.9 Å². The zero-order valence-electron chi connectivity index (χ0n) is 21.3. The number of rotatable bonds is 7. The van der Waals surface area contributed by atoms with E-state index in [0.29, 0.717) is 13.1 Å². The van der Waals surface area contributed by atoms with Gasteiger partial charge in [-0.1, -0.05) is 96.0 Å². The molecule has 0 spiro atoms. The Kier molecular flexibility index (Phi) is 9.19. The summed E-state index contributed by atoms with van der Waals surface area (Å²) in [4.78, 5) is 26.8. The second-order valence-corrected chi connectivity index (χ2v) is 10.6. The first-order valence-electron chi connectivity index (χ1n) is 12.6. The van der Waals surface area contributed by atoms with Crippen LogP contribution in [0.2, 0.25) is 10.0 Å². The number of hydrogen-bond acceptors (Lipinski definition) is 3. The summed E-state index contributed by atoms with van der Waals surface area (Å²) in [6.07, 6.45) is 0. The van der Waals surface area contributed by atoms with Crippen molar-refractivity contribution in [3.8, 4) is 0 Å². The maximum absolute atomic E-state index is 13.5. The molecule has 3 atom stereocenters. The molecule has 4 aromatic rings. The number of carbonyl (C=O) groups excluding carboxylic acids is 1. The fourth-order valence-corrected chi connectivity index (χ4v) is 5.92. The van der Waals surface area contributed by atoms with E-state index in [1.807, 2.05) is 24.3 Å². The molecule has 2 N–H and O–H groups in total. The van der Waals surface area contributed by atoms with Crippen LogP contribution in [0.3, 0.4) is 0 Å². The lowest BCUT2D eigenvalue weighted by Crippen LogP contribution is -2.32. The number of carboxylic acids is 1. The normalized spacial score (nSPS) is 17.6. The molecule has 1 aliphatic heterocycles.